The molecule has 2 aromatic carbocycles. The number of rotatable bonds is 1. The normalized spacial score (nSPS) is 21.6. The highest BCUT2D eigenvalue weighted by Crippen LogP contribution is 2.35. The van der Waals surface area contributed by atoms with Crippen LogP contribution in [0.15, 0.2) is 42.5 Å². The predicted octanol–water partition coefficient (Wildman–Crippen LogP) is 2.74. The molecule has 0 unspecified atom stereocenters. The smallest absolute Gasteiger partial charge is 0.150 e. The summed E-state index contributed by atoms with van der Waals surface area (Å²) in [6.07, 6.45) is -0.365. The summed E-state index contributed by atoms with van der Waals surface area (Å²) in [7, 11) is 0. The maximum absolute atomic E-state index is 10.2. The quantitative estimate of drug-likeness (QED) is 0.824. The maximum atomic E-state index is 10.2. The van der Waals surface area contributed by atoms with Gasteiger partial charge in [-0.05, 0) is 41.8 Å². The van der Waals surface area contributed by atoms with Gasteiger partial charge in [0.1, 0.15) is 17.6 Å². The monoisotopic (exact) mass is 256 g/mol. The third-order valence-corrected chi connectivity index (χ3v) is 3.48. The number of fused-ring (bicyclic) bond motifs is 1. The lowest BCUT2D eigenvalue weighted by Crippen LogP contribution is -2.30. The molecule has 0 aliphatic carbocycles. The molecule has 0 bridgehead atoms. The first kappa shape index (κ1) is 12.1. The Balaban J connectivity index is 1.94. The summed E-state index contributed by atoms with van der Waals surface area (Å²) in [5.41, 5.74) is 3.05. The topological polar surface area (TPSA) is 49.7 Å². The van der Waals surface area contributed by atoms with Crippen LogP contribution in [-0.4, -0.2) is 16.3 Å². The van der Waals surface area contributed by atoms with Gasteiger partial charge in [0.2, 0.25) is 0 Å². The minimum Gasteiger partial charge on any atom is -0.508 e. The van der Waals surface area contributed by atoms with E-state index in [4.69, 9.17) is 4.74 Å². The molecule has 0 aromatic heterocycles. The van der Waals surface area contributed by atoms with E-state index in [1.165, 1.54) is 0 Å². The van der Waals surface area contributed by atoms with E-state index in [0.717, 1.165) is 22.4 Å². The lowest BCUT2D eigenvalue weighted by molar-refractivity contribution is 0.0207. The fraction of sp³-hybridized carbons (Fsp3) is 0.250. The zero-order valence-electron chi connectivity index (χ0n) is 10.7. The highest BCUT2D eigenvalue weighted by Gasteiger charge is 2.29. The van der Waals surface area contributed by atoms with Crippen LogP contribution in [0, 0.1) is 6.92 Å². The summed E-state index contributed by atoms with van der Waals surface area (Å²) in [5, 5.41) is 19.5. The van der Waals surface area contributed by atoms with Gasteiger partial charge in [-0.1, -0.05) is 24.3 Å². The minimum atomic E-state index is -0.570. The number of ether oxygens (including phenoxy) is 1. The second-order valence-corrected chi connectivity index (χ2v) is 5.01. The molecule has 19 heavy (non-hydrogen) atoms. The molecule has 2 aromatic rings. The van der Waals surface area contributed by atoms with Crippen LogP contribution in [0.5, 0.6) is 11.5 Å². The number of benzene rings is 2. The van der Waals surface area contributed by atoms with Gasteiger partial charge in [-0.3, -0.25) is 0 Å². The summed E-state index contributed by atoms with van der Waals surface area (Å²) in [6, 6.07) is 12.8. The van der Waals surface area contributed by atoms with Crippen molar-refractivity contribution in [1.29, 1.82) is 0 Å². The van der Waals surface area contributed by atoms with Gasteiger partial charge in [-0.25, -0.2) is 0 Å². The molecular weight excluding hydrogens is 240 g/mol. The summed E-state index contributed by atoms with van der Waals surface area (Å²) in [5.74, 6) is 1.05. The standard InChI is InChI=1S/C16H16O3/c1-10-2-3-12-9-14(18)16(19-15(12)8-10)11-4-6-13(17)7-5-11/h2-8,14,16-18H,9H2,1H3/t14-,16-/m1/s1. The molecule has 0 saturated carbocycles. The van der Waals surface area contributed by atoms with Gasteiger partial charge >= 0.3 is 0 Å². The molecule has 1 aliphatic heterocycles. The number of aryl methyl sites for hydroxylation is 1. The van der Waals surface area contributed by atoms with E-state index in [1.807, 2.05) is 25.1 Å². The van der Waals surface area contributed by atoms with Crippen molar-refractivity contribution in [3.63, 3.8) is 0 Å². The summed E-state index contributed by atoms with van der Waals surface area (Å²) >= 11 is 0. The highest BCUT2D eigenvalue weighted by molar-refractivity contribution is 5.41. The molecule has 2 N–H and O–H groups in total. The molecule has 0 spiro atoms. The van der Waals surface area contributed by atoms with Crippen LogP contribution < -0.4 is 4.74 Å². The third-order valence-electron chi connectivity index (χ3n) is 3.48. The number of phenolic OH excluding ortho intramolecular Hbond substituents is 1. The van der Waals surface area contributed by atoms with Gasteiger partial charge in [0, 0.05) is 6.42 Å². The fourth-order valence-electron chi connectivity index (χ4n) is 2.44. The third kappa shape index (κ3) is 2.29. The average Bonchev–Trinajstić information content (AvgIpc) is 2.40. The summed E-state index contributed by atoms with van der Waals surface area (Å²) in [4.78, 5) is 0. The van der Waals surface area contributed by atoms with Crippen LogP contribution in [0.3, 0.4) is 0 Å². The number of aromatic hydroxyl groups is 1. The second-order valence-electron chi connectivity index (χ2n) is 5.01. The SMILES string of the molecule is Cc1ccc2c(c1)O[C@H](c1ccc(O)cc1)[C@H](O)C2. The predicted molar refractivity (Wildman–Crippen MR) is 72.4 cm³/mol. The largest absolute Gasteiger partial charge is 0.508 e. The molecule has 0 saturated heterocycles. The first-order valence-corrected chi connectivity index (χ1v) is 6.36. The fourth-order valence-corrected chi connectivity index (χ4v) is 2.44. The van der Waals surface area contributed by atoms with E-state index in [9.17, 15) is 10.2 Å². The van der Waals surface area contributed by atoms with Crippen LogP contribution in [0.1, 0.15) is 22.8 Å². The van der Waals surface area contributed by atoms with Crippen molar-refractivity contribution < 1.29 is 14.9 Å². The van der Waals surface area contributed by atoms with Crippen molar-refractivity contribution in [1.82, 2.24) is 0 Å². The molecule has 0 amide bonds. The molecule has 3 heteroatoms. The Morgan fingerprint density at radius 1 is 1.11 bits per heavy atom. The molecule has 3 nitrogen and oxygen atoms in total. The first-order chi connectivity index (χ1) is 9.13. The van der Waals surface area contributed by atoms with Gasteiger partial charge < -0.3 is 14.9 Å². The van der Waals surface area contributed by atoms with E-state index in [1.54, 1.807) is 24.3 Å². The Hall–Kier alpha value is -2.00. The van der Waals surface area contributed by atoms with Crippen molar-refractivity contribution in [2.24, 2.45) is 0 Å². The van der Waals surface area contributed by atoms with Gasteiger partial charge in [0.05, 0.1) is 6.10 Å². The van der Waals surface area contributed by atoms with Crippen molar-refractivity contribution in [2.75, 3.05) is 0 Å². The van der Waals surface area contributed by atoms with Crippen LogP contribution in [0.4, 0.5) is 0 Å². The zero-order valence-corrected chi connectivity index (χ0v) is 10.7. The van der Waals surface area contributed by atoms with Crippen LogP contribution >= 0.6 is 0 Å². The Morgan fingerprint density at radius 2 is 1.84 bits per heavy atom. The van der Waals surface area contributed by atoms with Crippen LogP contribution in [0.25, 0.3) is 0 Å². The van der Waals surface area contributed by atoms with Crippen molar-refractivity contribution in [3.05, 3.63) is 59.2 Å². The number of aliphatic hydroxyl groups is 1. The Bertz CT molecular complexity index is 589. The minimum absolute atomic E-state index is 0.213. The number of aliphatic hydroxyl groups excluding tert-OH is 1. The number of hydrogen-bond donors (Lipinski definition) is 2. The maximum Gasteiger partial charge on any atom is 0.150 e. The average molecular weight is 256 g/mol. The van der Waals surface area contributed by atoms with E-state index < -0.39 is 6.10 Å². The molecule has 1 aliphatic rings. The molecule has 3 rings (SSSR count). The van der Waals surface area contributed by atoms with Gasteiger partial charge in [0.15, 0.2) is 0 Å². The van der Waals surface area contributed by atoms with E-state index >= 15 is 0 Å². The molecule has 2 atom stereocenters. The number of hydrogen-bond acceptors (Lipinski definition) is 3. The summed E-state index contributed by atoms with van der Waals surface area (Å²) < 4.78 is 5.92. The van der Waals surface area contributed by atoms with Crippen molar-refractivity contribution in [3.8, 4) is 11.5 Å². The van der Waals surface area contributed by atoms with Crippen LogP contribution in [0.2, 0.25) is 0 Å². The Kier molecular flexibility index (Phi) is 2.91. The molecule has 0 radical (unpaired) electrons. The van der Waals surface area contributed by atoms with Gasteiger partial charge in [0.25, 0.3) is 0 Å². The number of phenols is 1. The van der Waals surface area contributed by atoms with E-state index in [2.05, 4.69) is 0 Å². The zero-order chi connectivity index (χ0) is 13.4. The Morgan fingerprint density at radius 3 is 2.58 bits per heavy atom. The van der Waals surface area contributed by atoms with Crippen molar-refractivity contribution >= 4 is 0 Å². The van der Waals surface area contributed by atoms with E-state index in [-0.39, 0.29) is 11.9 Å². The van der Waals surface area contributed by atoms with Crippen molar-refractivity contribution in [2.45, 2.75) is 25.6 Å². The lowest BCUT2D eigenvalue weighted by Gasteiger charge is -2.31. The molecule has 0 fully saturated rings. The van der Waals surface area contributed by atoms with E-state index in [0.29, 0.717) is 6.42 Å². The second kappa shape index (κ2) is 4.59. The Labute approximate surface area is 112 Å². The lowest BCUT2D eigenvalue weighted by atomic mass is 9.94. The van der Waals surface area contributed by atoms with Crippen LogP contribution in [-0.2, 0) is 6.42 Å². The van der Waals surface area contributed by atoms with Gasteiger partial charge in [-0.2, -0.15) is 0 Å². The molecule has 98 valence electrons. The summed E-state index contributed by atoms with van der Waals surface area (Å²) in [6.45, 7) is 2.02. The highest BCUT2D eigenvalue weighted by atomic mass is 16.5. The first-order valence-electron chi connectivity index (χ1n) is 6.36. The molecular formula is C16H16O3. The molecule has 1 heterocycles. The van der Waals surface area contributed by atoms with Gasteiger partial charge in [-0.15, -0.1) is 0 Å².